The lowest BCUT2D eigenvalue weighted by molar-refractivity contribution is -0.144. The molecule has 112 valence electrons. The van der Waals surface area contributed by atoms with Crippen LogP contribution in [0.25, 0.3) is 10.2 Å². The molecule has 0 aliphatic carbocycles. The molecule has 0 saturated carbocycles. The number of nitrogens with zero attached hydrogens (tertiary/aromatic N) is 2. The van der Waals surface area contributed by atoms with Gasteiger partial charge < -0.3 is 9.64 Å². The molecule has 0 fully saturated rings. The number of thiazole rings is 1. The first kappa shape index (κ1) is 15.4. The van der Waals surface area contributed by atoms with E-state index in [0.29, 0.717) is 12.2 Å². The van der Waals surface area contributed by atoms with Gasteiger partial charge in [0.1, 0.15) is 6.54 Å². The molecule has 0 bridgehead atoms. The molecular formula is C15H18N2O3S. The molecule has 0 unspecified atom stereocenters. The van der Waals surface area contributed by atoms with Gasteiger partial charge in [0.05, 0.1) is 22.3 Å². The highest BCUT2D eigenvalue weighted by Gasteiger charge is 2.22. The number of fused-ring (bicyclic) bond motifs is 1. The molecule has 0 saturated heterocycles. The zero-order chi connectivity index (χ0) is 15.4. The van der Waals surface area contributed by atoms with E-state index >= 15 is 0 Å². The van der Waals surface area contributed by atoms with Crippen LogP contribution in [0.5, 0.6) is 0 Å². The quantitative estimate of drug-likeness (QED) is 0.797. The molecule has 0 N–H and O–H groups in total. The van der Waals surface area contributed by atoms with E-state index in [0.717, 1.165) is 10.2 Å². The molecule has 1 amide bonds. The Bertz CT molecular complexity index is 651. The third-order valence-electron chi connectivity index (χ3n) is 3.07. The maximum absolute atomic E-state index is 12.6. The number of rotatable bonds is 5. The highest BCUT2D eigenvalue weighted by Crippen LogP contribution is 2.20. The average Bonchev–Trinajstić information content (AvgIpc) is 2.91. The molecule has 1 heterocycles. The minimum absolute atomic E-state index is 0.0366. The van der Waals surface area contributed by atoms with Crippen molar-refractivity contribution in [3.8, 4) is 0 Å². The predicted octanol–water partition coefficient (Wildman–Crippen LogP) is 2.71. The molecule has 0 radical (unpaired) electrons. The molecule has 5 nitrogen and oxygen atoms in total. The van der Waals surface area contributed by atoms with Gasteiger partial charge >= 0.3 is 5.97 Å². The second kappa shape index (κ2) is 6.67. The van der Waals surface area contributed by atoms with Gasteiger partial charge in [0.25, 0.3) is 5.91 Å². The van der Waals surface area contributed by atoms with E-state index in [2.05, 4.69) is 4.98 Å². The normalized spacial score (nSPS) is 10.9. The minimum atomic E-state index is -0.390. The summed E-state index contributed by atoms with van der Waals surface area (Å²) in [6, 6.07) is 5.29. The molecule has 0 aliphatic rings. The van der Waals surface area contributed by atoms with E-state index in [-0.39, 0.29) is 18.5 Å². The van der Waals surface area contributed by atoms with Crippen molar-refractivity contribution >= 4 is 33.4 Å². The van der Waals surface area contributed by atoms with Gasteiger partial charge in [-0.15, -0.1) is 11.3 Å². The Hall–Kier alpha value is -1.95. The van der Waals surface area contributed by atoms with Crippen molar-refractivity contribution in [2.75, 3.05) is 13.2 Å². The molecule has 6 heteroatoms. The summed E-state index contributed by atoms with van der Waals surface area (Å²) in [5, 5.41) is 0. The van der Waals surface area contributed by atoms with Crippen molar-refractivity contribution in [3.05, 3.63) is 29.3 Å². The van der Waals surface area contributed by atoms with Crippen LogP contribution >= 0.6 is 11.3 Å². The lowest BCUT2D eigenvalue weighted by Crippen LogP contribution is -2.41. The van der Waals surface area contributed by atoms with E-state index < -0.39 is 5.97 Å². The largest absolute Gasteiger partial charge is 0.465 e. The van der Waals surface area contributed by atoms with Crippen LogP contribution in [0.3, 0.4) is 0 Å². The first-order chi connectivity index (χ1) is 10.0. The van der Waals surface area contributed by atoms with Crippen LogP contribution in [0.2, 0.25) is 0 Å². The van der Waals surface area contributed by atoms with Crippen molar-refractivity contribution in [2.24, 2.45) is 0 Å². The second-order valence-corrected chi connectivity index (χ2v) is 5.75. The third kappa shape index (κ3) is 3.58. The van der Waals surface area contributed by atoms with Gasteiger partial charge in [-0.05, 0) is 39.0 Å². The second-order valence-electron chi connectivity index (χ2n) is 4.87. The maximum Gasteiger partial charge on any atom is 0.325 e. The van der Waals surface area contributed by atoms with E-state index in [1.807, 2.05) is 26.0 Å². The Morgan fingerprint density at radius 2 is 2.14 bits per heavy atom. The van der Waals surface area contributed by atoms with Gasteiger partial charge in [0.15, 0.2) is 0 Å². The molecule has 2 aromatic rings. The van der Waals surface area contributed by atoms with Gasteiger partial charge in [0, 0.05) is 11.6 Å². The average molecular weight is 306 g/mol. The Balaban J connectivity index is 2.22. The monoisotopic (exact) mass is 306 g/mol. The Morgan fingerprint density at radius 1 is 1.38 bits per heavy atom. The van der Waals surface area contributed by atoms with Crippen molar-refractivity contribution in [1.29, 1.82) is 0 Å². The summed E-state index contributed by atoms with van der Waals surface area (Å²) in [7, 11) is 0. The lowest BCUT2D eigenvalue weighted by atomic mass is 10.1. The summed E-state index contributed by atoms with van der Waals surface area (Å²) in [4.78, 5) is 29.9. The number of aromatic nitrogens is 1. The Kier molecular flexibility index (Phi) is 4.90. The number of carbonyl (C=O) groups is 2. The fraction of sp³-hybridized carbons (Fsp3) is 0.400. The fourth-order valence-electron chi connectivity index (χ4n) is 1.99. The van der Waals surface area contributed by atoms with E-state index in [4.69, 9.17) is 4.74 Å². The van der Waals surface area contributed by atoms with Crippen molar-refractivity contribution in [3.63, 3.8) is 0 Å². The van der Waals surface area contributed by atoms with E-state index in [9.17, 15) is 9.59 Å². The summed E-state index contributed by atoms with van der Waals surface area (Å²) in [5.74, 6) is -0.563. The van der Waals surface area contributed by atoms with Gasteiger partial charge in [-0.2, -0.15) is 0 Å². The molecule has 21 heavy (non-hydrogen) atoms. The molecule has 0 atom stereocenters. The fourth-order valence-corrected chi connectivity index (χ4v) is 2.70. The number of ether oxygens (including phenoxy) is 1. The van der Waals surface area contributed by atoms with Crippen molar-refractivity contribution in [2.45, 2.75) is 26.8 Å². The Morgan fingerprint density at radius 3 is 2.81 bits per heavy atom. The van der Waals surface area contributed by atoms with Crippen LogP contribution in [-0.4, -0.2) is 41.0 Å². The third-order valence-corrected chi connectivity index (χ3v) is 3.86. The number of hydrogen-bond acceptors (Lipinski definition) is 5. The standard InChI is InChI=1S/C15H18N2O3S/c1-4-20-14(18)8-17(10(2)3)15(19)11-5-6-12-13(7-11)21-9-16-12/h5-7,9-10H,4,8H2,1-3H3. The predicted molar refractivity (Wildman–Crippen MR) is 82.4 cm³/mol. The topological polar surface area (TPSA) is 59.5 Å². The SMILES string of the molecule is CCOC(=O)CN(C(=O)c1ccc2ncsc2c1)C(C)C. The number of hydrogen-bond donors (Lipinski definition) is 0. The highest BCUT2D eigenvalue weighted by atomic mass is 32.1. The van der Waals surface area contributed by atoms with Crippen LogP contribution in [-0.2, 0) is 9.53 Å². The smallest absolute Gasteiger partial charge is 0.325 e. The van der Waals surface area contributed by atoms with Crippen molar-refractivity contribution in [1.82, 2.24) is 9.88 Å². The highest BCUT2D eigenvalue weighted by molar-refractivity contribution is 7.16. The summed E-state index contributed by atoms with van der Waals surface area (Å²) >= 11 is 1.49. The molecule has 0 aliphatic heterocycles. The van der Waals surface area contributed by atoms with Crippen LogP contribution < -0.4 is 0 Å². The number of amides is 1. The summed E-state index contributed by atoms with van der Waals surface area (Å²) in [5.41, 5.74) is 3.18. The number of carbonyl (C=O) groups excluding carboxylic acids is 2. The number of esters is 1. The van der Waals surface area contributed by atoms with E-state index in [1.165, 1.54) is 16.2 Å². The van der Waals surface area contributed by atoms with Crippen LogP contribution in [0.4, 0.5) is 0 Å². The Labute approximate surface area is 127 Å². The molecule has 2 rings (SSSR count). The maximum atomic E-state index is 12.6. The van der Waals surface area contributed by atoms with Gasteiger partial charge in [-0.3, -0.25) is 9.59 Å². The zero-order valence-corrected chi connectivity index (χ0v) is 13.1. The first-order valence-electron chi connectivity index (χ1n) is 6.82. The van der Waals surface area contributed by atoms with Crippen LogP contribution in [0.1, 0.15) is 31.1 Å². The first-order valence-corrected chi connectivity index (χ1v) is 7.70. The number of benzene rings is 1. The van der Waals surface area contributed by atoms with Crippen LogP contribution in [0, 0.1) is 0 Å². The molecule has 0 spiro atoms. The van der Waals surface area contributed by atoms with Gasteiger partial charge in [0.2, 0.25) is 0 Å². The van der Waals surface area contributed by atoms with Crippen LogP contribution in [0.15, 0.2) is 23.7 Å². The van der Waals surface area contributed by atoms with E-state index in [1.54, 1.807) is 18.5 Å². The minimum Gasteiger partial charge on any atom is -0.465 e. The zero-order valence-electron chi connectivity index (χ0n) is 12.3. The van der Waals surface area contributed by atoms with Gasteiger partial charge in [-0.25, -0.2) is 4.98 Å². The summed E-state index contributed by atoms with van der Waals surface area (Å²) in [6.07, 6.45) is 0. The summed E-state index contributed by atoms with van der Waals surface area (Å²) in [6.45, 7) is 5.78. The van der Waals surface area contributed by atoms with Crippen molar-refractivity contribution < 1.29 is 14.3 Å². The molecular weight excluding hydrogens is 288 g/mol. The summed E-state index contributed by atoms with van der Waals surface area (Å²) < 4.78 is 5.88. The molecule has 1 aromatic carbocycles. The molecule has 1 aromatic heterocycles. The lowest BCUT2D eigenvalue weighted by Gasteiger charge is -2.25. The van der Waals surface area contributed by atoms with Gasteiger partial charge in [-0.1, -0.05) is 0 Å².